The Morgan fingerprint density at radius 2 is 0.864 bits per heavy atom. The van der Waals surface area contributed by atoms with E-state index in [1.807, 2.05) is 0 Å². The van der Waals surface area contributed by atoms with Gasteiger partial charge in [-0.25, -0.2) is 4.57 Å². The fourth-order valence-corrected chi connectivity index (χ4v) is 5.78. The molecule has 228 valence electrons. The lowest BCUT2D eigenvalue weighted by Gasteiger charge is -2.17. The largest absolute Gasteiger partial charge is 0.205 e. The van der Waals surface area contributed by atoms with Crippen molar-refractivity contribution in [2.45, 2.75) is 90.5 Å². The zero-order chi connectivity index (χ0) is 30.5. The Hall–Kier alpha value is -3.97. The van der Waals surface area contributed by atoms with Crippen LogP contribution in [-0.2, 0) is 6.54 Å². The van der Waals surface area contributed by atoms with E-state index in [1.165, 1.54) is 104 Å². The Kier molecular flexibility index (Phi) is 15.0. The first-order valence-electron chi connectivity index (χ1n) is 17.1. The molecule has 0 aliphatic heterocycles. The predicted octanol–water partition coefficient (Wildman–Crippen LogP) is 11.8. The highest BCUT2D eigenvalue weighted by molar-refractivity contribution is 6.04. The lowest BCUT2D eigenvalue weighted by Crippen LogP contribution is -2.32. The van der Waals surface area contributed by atoms with Crippen molar-refractivity contribution in [3.63, 3.8) is 0 Å². The molecular weight excluding hydrogens is 530 g/mol. The van der Waals surface area contributed by atoms with Gasteiger partial charge < -0.3 is 0 Å². The van der Waals surface area contributed by atoms with Crippen LogP contribution < -0.4 is 4.57 Å². The molecule has 0 fully saturated rings. The lowest BCUT2D eigenvalue weighted by molar-refractivity contribution is -0.697. The van der Waals surface area contributed by atoms with Crippen molar-refractivity contribution in [1.82, 2.24) is 0 Å². The van der Waals surface area contributed by atoms with Gasteiger partial charge in [-0.3, -0.25) is 0 Å². The van der Waals surface area contributed by atoms with E-state index in [0.717, 1.165) is 13.0 Å². The first kappa shape index (κ1) is 32.9. The molecule has 0 N–H and O–H groups in total. The highest BCUT2D eigenvalue weighted by Gasteiger charge is 2.17. The Labute approximate surface area is 267 Å². The highest BCUT2D eigenvalue weighted by atomic mass is 14.9. The van der Waals surface area contributed by atoms with Crippen LogP contribution in [0.1, 0.15) is 106 Å². The van der Waals surface area contributed by atoms with E-state index in [1.54, 1.807) is 0 Å². The van der Waals surface area contributed by atoms with E-state index in [0.29, 0.717) is 0 Å². The molecule has 0 unspecified atom stereocenters. The van der Waals surface area contributed by atoms with Gasteiger partial charge in [0, 0.05) is 18.6 Å². The van der Waals surface area contributed by atoms with Crippen LogP contribution in [0.2, 0.25) is 0 Å². The van der Waals surface area contributed by atoms with Crippen LogP contribution in [0.3, 0.4) is 0 Å². The first-order chi connectivity index (χ1) is 21.9. The van der Waals surface area contributed by atoms with E-state index in [-0.39, 0.29) is 0 Å². The second-order valence-corrected chi connectivity index (χ2v) is 11.8. The van der Waals surface area contributed by atoms with E-state index in [9.17, 15) is 0 Å². The molecule has 3 aromatic carbocycles. The van der Waals surface area contributed by atoms with Crippen LogP contribution in [0, 0.1) is 0 Å². The smallest absolute Gasteiger partial charge is 0.169 e. The molecule has 1 heteroatoms. The molecule has 0 saturated carbocycles. The van der Waals surface area contributed by atoms with Crippen molar-refractivity contribution >= 4 is 11.1 Å². The van der Waals surface area contributed by atoms with Crippen LogP contribution in [0.5, 0.6) is 0 Å². The molecular formula is C43H52N+. The topological polar surface area (TPSA) is 3.88 Å². The number of aryl methyl sites for hydroxylation is 1. The molecule has 1 heterocycles. The van der Waals surface area contributed by atoms with Gasteiger partial charge in [0.25, 0.3) is 0 Å². The maximum Gasteiger partial charge on any atom is 0.169 e. The standard InChI is InChI=1S/C43H52N/c1-2-3-4-5-6-7-8-9-10-11-12-13-14-15-16-26-35-44-36-33-41(34-37-44)43(40-31-24-19-25-32-40)42(38-27-20-17-21-28-38)39-29-22-18-23-30-39/h6-7,9-10,17-25,27-34,36-37H,2-5,8,11-16,26,35H2,1H3/q+1/b7-6+,10-9+. The van der Waals surface area contributed by atoms with Gasteiger partial charge in [0.15, 0.2) is 12.4 Å². The summed E-state index contributed by atoms with van der Waals surface area (Å²) < 4.78 is 2.35. The Morgan fingerprint density at radius 1 is 0.455 bits per heavy atom. The molecule has 0 bridgehead atoms. The van der Waals surface area contributed by atoms with Crippen molar-refractivity contribution in [3.05, 3.63) is 162 Å². The normalized spacial score (nSPS) is 11.4. The second-order valence-electron chi connectivity index (χ2n) is 11.8. The molecule has 0 atom stereocenters. The van der Waals surface area contributed by atoms with Gasteiger partial charge in [0.05, 0.1) is 0 Å². The van der Waals surface area contributed by atoms with Gasteiger partial charge >= 0.3 is 0 Å². The third kappa shape index (κ3) is 11.3. The van der Waals surface area contributed by atoms with Crippen molar-refractivity contribution in [2.75, 3.05) is 0 Å². The summed E-state index contributed by atoms with van der Waals surface area (Å²) in [6.07, 6.45) is 29.3. The van der Waals surface area contributed by atoms with E-state index in [2.05, 4.69) is 151 Å². The van der Waals surface area contributed by atoms with Crippen LogP contribution in [0.15, 0.2) is 140 Å². The Morgan fingerprint density at radius 3 is 1.34 bits per heavy atom. The summed E-state index contributed by atoms with van der Waals surface area (Å²) in [6, 6.07) is 37.0. The maximum atomic E-state index is 2.37. The summed E-state index contributed by atoms with van der Waals surface area (Å²) in [5.74, 6) is 0. The summed E-state index contributed by atoms with van der Waals surface area (Å²) in [7, 11) is 0. The summed E-state index contributed by atoms with van der Waals surface area (Å²) >= 11 is 0. The number of benzene rings is 3. The molecule has 0 aliphatic rings. The van der Waals surface area contributed by atoms with Crippen LogP contribution in [-0.4, -0.2) is 0 Å². The lowest BCUT2D eigenvalue weighted by atomic mass is 9.86. The number of allylic oxidation sites excluding steroid dienone is 4. The third-order valence-corrected chi connectivity index (χ3v) is 8.23. The van der Waals surface area contributed by atoms with Crippen LogP contribution in [0.4, 0.5) is 0 Å². The van der Waals surface area contributed by atoms with Gasteiger partial charge in [-0.15, -0.1) is 0 Å². The average Bonchev–Trinajstić information content (AvgIpc) is 3.08. The Balaban J connectivity index is 1.28. The summed E-state index contributed by atoms with van der Waals surface area (Å²) in [5, 5.41) is 0. The molecule has 44 heavy (non-hydrogen) atoms. The van der Waals surface area contributed by atoms with Gasteiger partial charge in [-0.05, 0) is 71.9 Å². The minimum absolute atomic E-state index is 1.07. The van der Waals surface area contributed by atoms with Gasteiger partial charge in [-0.2, -0.15) is 0 Å². The number of hydrogen-bond acceptors (Lipinski definition) is 0. The molecule has 1 nitrogen and oxygen atoms in total. The summed E-state index contributed by atoms with van der Waals surface area (Å²) in [4.78, 5) is 0. The molecule has 0 radical (unpaired) electrons. The highest BCUT2D eigenvalue weighted by Crippen LogP contribution is 2.36. The van der Waals surface area contributed by atoms with Gasteiger partial charge in [0.1, 0.15) is 6.54 Å². The summed E-state index contributed by atoms with van der Waals surface area (Å²) in [5.41, 5.74) is 7.47. The first-order valence-corrected chi connectivity index (χ1v) is 17.1. The van der Waals surface area contributed by atoms with Gasteiger partial charge in [0.2, 0.25) is 0 Å². The van der Waals surface area contributed by atoms with Crippen molar-refractivity contribution in [1.29, 1.82) is 0 Å². The maximum absolute atomic E-state index is 2.37. The molecule has 1 aromatic heterocycles. The molecule has 0 amide bonds. The minimum atomic E-state index is 1.07. The van der Waals surface area contributed by atoms with Crippen molar-refractivity contribution in [2.24, 2.45) is 0 Å². The van der Waals surface area contributed by atoms with Crippen LogP contribution >= 0.6 is 0 Å². The van der Waals surface area contributed by atoms with E-state index >= 15 is 0 Å². The number of rotatable bonds is 19. The number of pyridine rings is 1. The van der Waals surface area contributed by atoms with E-state index < -0.39 is 0 Å². The monoisotopic (exact) mass is 582 g/mol. The second kappa shape index (κ2) is 20.1. The quantitative estimate of drug-likeness (QED) is 0.0448. The third-order valence-electron chi connectivity index (χ3n) is 8.23. The number of hydrogen-bond donors (Lipinski definition) is 0. The van der Waals surface area contributed by atoms with Crippen LogP contribution in [0.25, 0.3) is 11.1 Å². The zero-order valence-electron chi connectivity index (χ0n) is 26.9. The average molecular weight is 583 g/mol. The Bertz CT molecular complexity index is 1360. The predicted molar refractivity (Wildman–Crippen MR) is 190 cm³/mol. The number of nitrogens with zero attached hydrogens (tertiary/aromatic N) is 1. The zero-order valence-corrected chi connectivity index (χ0v) is 26.9. The molecule has 4 aromatic rings. The van der Waals surface area contributed by atoms with E-state index in [4.69, 9.17) is 0 Å². The van der Waals surface area contributed by atoms with Crippen molar-refractivity contribution < 1.29 is 4.57 Å². The molecule has 0 aliphatic carbocycles. The fourth-order valence-electron chi connectivity index (χ4n) is 5.78. The molecule has 4 rings (SSSR count). The SMILES string of the molecule is CCCCC/C=C/C/C=C/CCCCCCCC[n+]1ccc(C(=C(c2ccccc2)c2ccccc2)c2ccccc2)cc1. The fraction of sp³-hybridized carbons (Fsp3) is 0.326. The summed E-state index contributed by atoms with van der Waals surface area (Å²) in [6.45, 7) is 3.34. The number of unbranched alkanes of at least 4 members (excludes halogenated alkanes) is 9. The molecule has 0 saturated heterocycles. The van der Waals surface area contributed by atoms with Crippen molar-refractivity contribution in [3.8, 4) is 0 Å². The number of aromatic nitrogens is 1. The minimum Gasteiger partial charge on any atom is -0.205 e. The molecule has 0 spiro atoms. The van der Waals surface area contributed by atoms with Gasteiger partial charge in [-0.1, -0.05) is 154 Å².